The topological polar surface area (TPSA) is 88.1 Å². The van der Waals surface area contributed by atoms with Gasteiger partial charge in [-0.15, -0.1) is 0 Å². The maximum atomic E-state index is 13.3. The van der Waals surface area contributed by atoms with Crippen LogP contribution >= 0.6 is 0 Å². The van der Waals surface area contributed by atoms with E-state index in [1.165, 1.54) is 0 Å². The summed E-state index contributed by atoms with van der Waals surface area (Å²) in [7, 11) is 1.60. The summed E-state index contributed by atoms with van der Waals surface area (Å²) in [5.41, 5.74) is -0.204. The number of nitrogens with one attached hydrogen (secondary N) is 1. The molecule has 1 spiro atoms. The number of methoxy groups -OCH3 is 1. The molecule has 2 heterocycles. The van der Waals surface area contributed by atoms with E-state index in [1.807, 2.05) is 4.90 Å². The first-order valence-electron chi connectivity index (χ1n) is 11.1. The molecule has 6 rings (SSSR count). The minimum Gasteiger partial charge on any atom is -0.497 e. The second kappa shape index (κ2) is 7.45. The molecule has 2 amide bonds. The predicted octanol–water partition coefficient (Wildman–Crippen LogP) is 2.18. The fraction of sp³-hybridized carbons (Fsp3) is 0.652. The lowest BCUT2D eigenvalue weighted by atomic mass is 9.59. The molecule has 7 heteroatoms. The van der Waals surface area contributed by atoms with Gasteiger partial charge in [-0.1, -0.05) is 0 Å². The standard InChI is InChI=1S/C23H30N2O5/c1-29-17-6-7-18-20(10-17)30-23(24-21(18)27)11-15-4-5-16(23)9-19(15)22(28)25-8-2-3-14(12-25)13-26/h6-7,10,14-16,19,26H,2-5,8-9,11-13H2,1H3,(H,24,27)/t14-,15-,16+,19-,23-/m0/s1. The van der Waals surface area contributed by atoms with E-state index >= 15 is 0 Å². The zero-order valence-electron chi connectivity index (χ0n) is 17.4. The Morgan fingerprint density at radius 3 is 2.97 bits per heavy atom. The molecule has 1 aromatic rings. The molecule has 5 atom stereocenters. The molecule has 7 nitrogen and oxygen atoms in total. The van der Waals surface area contributed by atoms with E-state index in [1.54, 1.807) is 25.3 Å². The molecule has 4 fully saturated rings. The molecule has 3 aliphatic carbocycles. The Kier molecular flexibility index (Phi) is 4.88. The highest BCUT2D eigenvalue weighted by atomic mass is 16.5. The molecular weight excluding hydrogens is 384 g/mol. The van der Waals surface area contributed by atoms with Crippen molar-refractivity contribution in [3.05, 3.63) is 23.8 Å². The Morgan fingerprint density at radius 2 is 2.23 bits per heavy atom. The summed E-state index contributed by atoms with van der Waals surface area (Å²) in [4.78, 5) is 28.1. The highest BCUT2D eigenvalue weighted by Gasteiger charge is 2.57. The maximum absolute atomic E-state index is 13.3. The Balaban J connectivity index is 1.35. The number of aliphatic hydroxyl groups is 1. The largest absolute Gasteiger partial charge is 0.497 e. The van der Waals surface area contributed by atoms with Crippen molar-refractivity contribution in [3.63, 3.8) is 0 Å². The zero-order valence-corrected chi connectivity index (χ0v) is 17.4. The molecule has 2 aliphatic heterocycles. The molecule has 0 unspecified atom stereocenters. The smallest absolute Gasteiger partial charge is 0.258 e. The third-order valence-electron chi connectivity index (χ3n) is 7.67. The number of carbonyl (C=O) groups is 2. The summed E-state index contributed by atoms with van der Waals surface area (Å²) in [6.45, 7) is 1.59. The number of piperidine rings is 1. The molecule has 2 N–H and O–H groups in total. The third kappa shape index (κ3) is 3.14. The summed E-state index contributed by atoms with van der Waals surface area (Å²) in [6, 6.07) is 5.28. The number of aliphatic hydroxyl groups excluding tert-OH is 1. The average Bonchev–Trinajstić information content (AvgIpc) is 2.78. The molecular formula is C23H30N2O5. The van der Waals surface area contributed by atoms with E-state index in [0.29, 0.717) is 30.0 Å². The van der Waals surface area contributed by atoms with E-state index in [2.05, 4.69) is 5.32 Å². The van der Waals surface area contributed by atoms with Gasteiger partial charge in [-0.2, -0.15) is 0 Å². The van der Waals surface area contributed by atoms with Gasteiger partial charge in [0.2, 0.25) is 5.91 Å². The number of nitrogens with zero attached hydrogens (tertiary/aromatic N) is 1. The van der Waals surface area contributed by atoms with Crippen molar-refractivity contribution in [3.8, 4) is 11.5 Å². The number of hydrogen-bond acceptors (Lipinski definition) is 5. The van der Waals surface area contributed by atoms with Crippen LogP contribution in [0.25, 0.3) is 0 Å². The predicted molar refractivity (Wildman–Crippen MR) is 109 cm³/mol. The Morgan fingerprint density at radius 1 is 1.37 bits per heavy atom. The molecule has 3 saturated carbocycles. The van der Waals surface area contributed by atoms with Gasteiger partial charge in [-0.25, -0.2) is 0 Å². The number of likely N-dealkylation sites (tertiary alicyclic amines) is 1. The van der Waals surface area contributed by atoms with Crippen LogP contribution in [0.15, 0.2) is 18.2 Å². The van der Waals surface area contributed by atoms with Crippen LogP contribution in [0, 0.1) is 23.7 Å². The zero-order chi connectivity index (χ0) is 20.9. The van der Waals surface area contributed by atoms with Gasteiger partial charge in [0, 0.05) is 44.0 Å². The van der Waals surface area contributed by atoms with Crippen molar-refractivity contribution in [1.82, 2.24) is 10.2 Å². The van der Waals surface area contributed by atoms with Crippen LogP contribution in [0.1, 0.15) is 48.9 Å². The fourth-order valence-electron chi connectivity index (χ4n) is 6.07. The summed E-state index contributed by atoms with van der Waals surface area (Å²) in [5.74, 6) is 1.83. The van der Waals surface area contributed by atoms with Crippen LogP contribution in [0.4, 0.5) is 0 Å². The lowest BCUT2D eigenvalue weighted by Gasteiger charge is -2.55. The van der Waals surface area contributed by atoms with E-state index in [4.69, 9.17) is 9.47 Å². The SMILES string of the molecule is COc1ccc2c(c1)O[C@]1(C[C@@H]3CC[C@@H]1C[C@@H]3C(=O)N1CCC[C@H](CO)C1)NC2=O. The molecule has 5 aliphatic rings. The van der Waals surface area contributed by atoms with Gasteiger partial charge in [0.15, 0.2) is 5.72 Å². The van der Waals surface area contributed by atoms with E-state index < -0.39 is 5.72 Å². The number of benzene rings is 1. The van der Waals surface area contributed by atoms with Crippen molar-refractivity contribution in [2.45, 2.75) is 44.2 Å². The van der Waals surface area contributed by atoms with Crippen LogP contribution in [-0.2, 0) is 4.79 Å². The first-order chi connectivity index (χ1) is 14.5. The lowest BCUT2D eigenvalue weighted by Crippen LogP contribution is -2.67. The summed E-state index contributed by atoms with van der Waals surface area (Å²) < 4.78 is 11.8. The number of ether oxygens (including phenoxy) is 2. The normalized spacial score (nSPS) is 34.9. The first-order valence-corrected chi connectivity index (χ1v) is 11.1. The number of amides is 2. The monoisotopic (exact) mass is 414 g/mol. The van der Waals surface area contributed by atoms with Crippen molar-refractivity contribution in [2.75, 3.05) is 26.8 Å². The minimum absolute atomic E-state index is 0.0148. The van der Waals surface area contributed by atoms with E-state index in [9.17, 15) is 14.7 Å². The van der Waals surface area contributed by atoms with E-state index in [-0.39, 0.29) is 42.1 Å². The fourth-order valence-corrected chi connectivity index (χ4v) is 6.07. The van der Waals surface area contributed by atoms with Crippen LogP contribution in [-0.4, -0.2) is 54.4 Å². The van der Waals surface area contributed by atoms with Gasteiger partial charge >= 0.3 is 0 Å². The highest BCUT2D eigenvalue weighted by Crippen LogP contribution is 2.53. The third-order valence-corrected chi connectivity index (χ3v) is 7.67. The van der Waals surface area contributed by atoms with Gasteiger partial charge in [-0.3, -0.25) is 9.59 Å². The first kappa shape index (κ1) is 19.7. The van der Waals surface area contributed by atoms with Crippen molar-refractivity contribution in [1.29, 1.82) is 0 Å². The second-order valence-corrected chi connectivity index (χ2v) is 9.36. The van der Waals surface area contributed by atoms with Crippen molar-refractivity contribution >= 4 is 11.8 Å². The minimum atomic E-state index is -0.730. The van der Waals surface area contributed by atoms with Crippen LogP contribution in [0.2, 0.25) is 0 Å². The van der Waals surface area contributed by atoms with Crippen molar-refractivity contribution < 1.29 is 24.2 Å². The van der Waals surface area contributed by atoms with E-state index in [0.717, 1.165) is 38.6 Å². The Bertz CT molecular complexity index is 858. The van der Waals surface area contributed by atoms with Gasteiger partial charge in [0.1, 0.15) is 11.5 Å². The van der Waals surface area contributed by atoms with Crippen molar-refractivity contribution in [2.24, 2.45) is 23.7 Å². The lowest BCUT2D eigenvalue weighted by molar-refractivity contribution is -0.157. The summed E-state index contributed by atoms with van der Waals surface area (Å²) in [5, 5.41) is 12.7. The van der Waals surface area contributed by atoms with Crippen LogP contribution in [0.5, 0.6) is 11.5 Å². The Labute approximate surface area is 176 Å². The molecule has 1 saturated heterocycles. The maximum Gasteiger partial charge on any atom is 0.258 e. The second-order valence-electron chi connectivity index (χ2n) is 9.36. The molecule has 30 heavy (non-hydrogen) atoms. The summed E-state index contributed by atoms with van der Waals surface area (Å²) >= 11 is 0. The molecule has 1 aromatic carbocycles. The van der Waals surface area contributed by atoms with Gasteiger partial charge < -0.3 is 24.8 Å². The Hall–Kier alpha value is -2.28. The number of rotatable bonds is 3. The highest BCUT2D eigenvalue weighted by molar-refractivity contribution is 5.98. The summed E-state index contributed by atoms with van der Waals surface area (Å²) in [6.07, 6.45) is 5.29. The van der Waals surface area contributed by atoms with Crippen LogP contribution < -0.4 is 14.8 Å². The molecule has 0 radical (unpaired) electrons. The average molecular weight is 415 g/mol. The number of carbonyl (C=O) groups excluding carboxylic acids is 2. The molecule has 2 bridgehead atoms. The molecule has 0 aromatic heterocycles. The van der Waals surface area contributed by atoms with Crippen LogP contribution in [0.3, 0.4) is 0 Å². The van der Waals surface area contributed by atoms with Gasteiger partial charge in [0.25, 0.3) is 5.91 Å². The quantitative estimate of drug-likeness (QED) is 0.792. The number of fused-ring (bicyclic) bond motifs is 3. The molecule has 162 valence electrons. The van der Waals surface area contributed by atoms with Gasteiger partial charge in [-0.05, 0) is 56.1 Å². The van der Waals surface area contributed by atoms with Gasteiger partial charge in [0.05, 0.1) is 12.7 Å². The number of hydrogen-bond donors (Lipinski definition) is 2.